The Morgan fingerprint density at radius 3 is 3.06 bits per heavy atom. The first kappa shape index (κ1) is 9.29. The maximum Gasteiger partial charge on any atom is 0.264 e. The van der Waals surface area contributed by atoms with Crippen LogP contribution >= 0.6 is 11.8 Å². The number of anilines is 1. The first-order valence-corrected chi connectivity index (χ1v) is 5.47. The molecular weight excluding hydrogens is 224 g/mol. The second kappa shape index (κ2) is 3.57. The fourth-order valence-electron chi connectivity index (χ4n) is 1.38. The van der Waals surface area contributed by atoms with Gasteiger partial charge in [-0.2, -0.15) is 0 Å². The second-order valence-electron chi connectivity index (χ2n) is 3.17. The van der Waals surface area contributed by atoms with Gasteiger partial charge in [0.15, 0.2) is 10.7 Å². The Hall–Kier alpha value is -1.95. The van der Waals surface area contributed by atoms with E-state index in [-0.39, 0.29) is 0 Å². The molecule has 0 aliphatic heterocycles. The van der Waals surface area contributed by atoms with Crippen LogP contribution in [-0.4, -0.2) is 15.0 Å². The number of nitrogens with zero attached hydrogens (tertiary/aromatic N) is 2. The van der Waals surface area contributed by atoms with Crippen LogP contribution in [0.25, 0.3) is 11.1 Å². The molecule has 6 heteroatoms. The first-order valence-electron chi connectivity index (χ1n) is 4.65. The Morgan fingerprint density at radius 1 is 1.38 bits per heavy atom. The SMILES string of the molecule is Nc1cccc2oc(Sc3ncc[nH]3)nc12. The second-order valence-corrected chi connectivity index (χ2v) is 4.11. The van der Waals surface area contributed by atoms with Gasteiger partial charge in [-0.15, -0.1) is 0 Å². The van der Waals surface area contributed by atoms with Crippen LogP contribution in [0, 0.1) is 0 Å². The molecule has 3 aromatic rings. The van der Waals surface area contributed by atoms with Crippen LogP contribution in [0.15, 0.2) is 45.4 Å². The van der Waals surface area contributed by atoms with Crippen LogP contribution in [0.4, 0.5) is 5.69 Å². The molecule has 0 aliphatic carbocycles. The van der Waals surface area contributed by atoms with Gasteiger partial charge in [0.1, 0.15) is 5.52 Å². The average Bonchev–Trinajstić information content (AvgIpc) is 2.88. The van der Waals surface area contributed by atoms with Gasteiger partial charge in [-0.05, 0) is 12.1 Å². The molecule has 0 fully saturated rings. The zero-order chi connectivity index (χ0) is 11.0. The Labute approximate surface area is 95.1 Å². The summed E-state index contributed by atoms with van der Waals surface area (Å²) in [6.07, 6.45) is 3.43. The molecule has 0 saturated carbocycles. The van der Waals surface area contributed by atoms with Crippen molar-refractivity contribution in [2.24, 2.45) is 0 Å². The fraction of sp³-hybridized carbons (Fsp3) is 0. The number of hydrogen-bond acceptors (Lipinski definition) is 5. The van der Waals surface area contributed by atoms with Gasteiger partial charge in [0.25, 0.3) is 5.22 Å². The van der Waals surface area contributed by atoms with Gasteiger partial charge in [-0.25, -0.2) is 9.97 Å². The summed E-state index contributed by atoms with van der Waals surface area (Å²) in [6.45, 7) is 0. The van der Waals surface area contributed by atoms with Crippen molar-refractivity contribution in [2.45, 2.75) is 10.4 Å². The summed E-state index contributed by atoms with van der Waals surface area (Å²) in [6, 6.07) is 5.47. The highest BCUT2D eigenvalue weighted by molar-refractivity contribution is 7.98. The van der Waals surface area contributed by atoms with E-state index >= 15 is 0 Å². The standard InChI is InChI=1S/C10H8N4OS/c11-6-2-1-3-7-8(6)14-10(15-7)16-9-12-4-5-13-9/h1-5H,11H2,(H,12,13). The van der Waals surface area contributed by atoms with Crippen LogP contribution in [0.2, 0.25) is 0 Å². The molecule has 1 aromatic carbocycles. The summed E-state index contributed by atoms with van der Waals surface area (Å²) < 4.78 is 5.53. The minimum atomic E-state index is 0.530. The van der Waals surface area contributed by atoms with Crippen molar-refractivity contribution in [3.05, 3.63) is 30.6 Å². The molecule has 0 bridgehead atoms. The van der Waals surface area contributed by atoms with Crippen molar-refractivity contribution in [1.82, 2.24) is 15.0 Å². The Morgan fingerprint density at radius 2 is 2.31 bits per heavy atom. The van der Waals surface area contributed by atoms with Gasteiger partial charge < -0.3 is 15.1 Å². The maximum absolute atomic E-state index is 5.79. The minimum absolute atomic E-state index is 0.530. The van der Waals surface area contributed by atoms with E-state index in [0.717, 1.165) is 5.16 Å². The van der Waals surface area contributed by atoms with Crippen LogP contribution < -0.4 is 5.73 Å². The Balaban J connectivity index is 2.02. The number of nitrogen functional groups attached to an aromatic ring is 1. The normalized spacial score (nSPS) is 11.0. The molecule has 3 rings (SSSR count). The predicted molar refractivity (Wildman–Crippen MR) is 61.1 cm³/mol. The Kier molecular flexibility index (Phi) is 2.07. The first-order chi connectivity index (χ1) is 7.83. The zero-order valence-electron chi connectivity index (χ0n) is 8.18. The number of benzene rings is 1. The van der Waals surface area contributed by atoms with E-state index in [2.05, 4.69) is 15.0 Å². The number of imidazole rings is 1. The number of para-hydroxylation sites is 1. The molecule has 16 heavy (non-hydrogen) atoms. The number of hydrogen-bond donors (Lipinski definition) is 2. The van der Waals surface area contributed by atoms with Gasteiger partial charge >= 0.3 is 0 Å². The number of aromatic nitrogens is 3. The third-order valence-electron chi connectivity index (χ3n) is 2.09. The molecule has 0 unspecified atom stereocenters. The molecule has 3 N–H and O–H groups in total. The molecule has 0 amide bonds. The van der Waals surface area contributed by atoms with E-state index in [1.807, 2.05) is 12.1 Å². The lowest BCUT2D eigenvalue weighted by Gasteiger charge is -1.89. The number of H-pyrrole nitrogens is 1. The van der Waals surface area contributed by atoms with Crippen molar-refractivity contribution in [3.8, 4) is 0 Å². The lowest BCUT2D eigenvalue weighted by atomic mass is 10.3. The lowest BCUT2D eigenvalue weighted by Crippen LogP contribution is -1.84. The van der Waals surface area contributed by atoms with E-state index in [1.54, 1.807) is 18.5 Å². The molecule has 5 nitrogen and oxygen atoms in total. The highest BCUT2D eigenvalue weighted by Gasteiger charge is 2.10. The number of nitrogens with one attached hydrogen (secondary N) is 1. The van der Waals surface area contributed by atoms with Gasteiger partial charge in [0, 0.05) is 24.2 Å². The number of fused-ring (bicyclic) bond motifs is 1. The van der Waals surface area contributed by atoms with Crippen LogP contribution in [0.3, 0.4) is 0 Å². The van der Waals surface area contributed by atoms with Crippen molar-refractivity contribution in [3.63, 3.8) is 0 Å². The minimum Gasteiger partial charge on any atom is -0.431 e. The third kappa shape index (κ3) is 1.53. The van der Waals surface area contributed by atoms with Gasteiger partial charge in [-0.1, -0.05) is 6.07 Å². The van der Waals surface area contributed by atoms with E-state index < -0.39 is 0 Å². The molecule has 2 heterocycles. The smallest absolute Gasteiger partial charge is 0.264 e. The van der Waals surface area contributed by atoms with E-state index in [1.165, 1.54) is 11.8 Å². The largest absolute Gasteiger partial charge is 0.431 e. The molecule has 0 radical (unpaired) electrons. The summed E-state index contributed by atoms with van der Waals surface area (Å²) in [4.78, 5) is 11.3. The highest BCUT2D eigenvalue weighted by atomic mass is 32.2. The van der Waals surface area contributed by atoms with E-state index in [9.17, 15) is 0 Å². The summed E-state index contributed by atoms with van der Waals surface area (Å²) in [5, 5.41) is 1.27. The van der Waals surface area contributed by atoms with Gasteiger partial charge in [0.2, 0.25) is 0 Å². The monoisotopic (exact) mass is 232 g/mol. The van der Waals surface area contributed by atoms with E-state index in [4.69, 9.17) is 10.2 Å². The number of nitrogens with two attached hydrogens (primary N) is 1. The van der Waals surface area contributed by atoms with Crippen LogP contribution in [0.5, 0.6) is 0 Å². The van der Waals surface area contributed by atoms with Crippen LogP contribution in [0.1, 0.15) is 0 Å². The lowest BCUT2D eigenvalue weighted by molar-refractivity contribution is 0.489. The average molecular weight is 232 g/mol. The molecule has 0 atom stereocenters. The topological polar surface area (TPSA) is 80.7 Å². The summed E-state index contributed by atoms with van der Waals surface area (Å²) >= 11 is 1.33. The Bertz CT molecular complexity index is 617. The van der Waals surface area contributed by atoms with E-state index in [0.29, 0.717) is 22.0 Å². The van der Waals surface area contributed by atoms with Crippen molar-refractivity contribution >= 4 is 28.5 Å². The molecule has 0 spiro atoms. The molecular formula is C10H8N4OS. The van der Waals surface area contributed by atoms with Crippen molar-refractivity contribution in [2.75, 3.05) is 5.73 Å². The maximum atomic E-state index is 5.79. The molecule has 0 aliphatic rings. The van der Waals surface area contributed by atoms with Crippen LogP contribution in [-0.2, 0) is 0 Å². The number of aromatic amines is 1. The molecule has 80 valence electrons. The van der Waals surface area contributed by atoms with Crippen molar-refractivity contribution in [1.29, 1.82) is 0 Å². The fourth-order valence-corrected chi connectivity index (χ4v) is 2.06. The summed E-state index contributed by atoms with van der Waals surface area (Å²) in [7, 11) is 0. The molecule has 2 aromatic heterocycles. The zero-order valence-corrected chi connectivity index (χ0v) is 8.99. The predicted octanol–water partition coefficient (Wildman–Crippen LogP) is 2.28. The van der Waals surface area contributed by atoms with Gasteiger partial charge in [-0.3, -0.25) is 0 Å². The molecule has 0 saturated heterocycles. The van der Waals surface area contributed by atoms with Crippen molar-refractivity contribution < 1.29 is 4.42 Å². The highest BCUT2D eigenvalue weighted by Crippen LogP contribution is 2.29. The van der Waals surface area contributed by atoms with Gasteiger partial charge in [0.05, 0.1) is 5.69 Å². The number of rotatable bonds is 2. The summed E-state index contributed by atoms with van der Waals surface area (Å²) in [5.41, 5.74) is 7.79. The third-order valence-corrected chi connectivity index (χ3v) is 2.85. The summed E-state index contributed by atoms with van der Waals surface area (Å²) in [5.74, 6) is 0. The quantitative estimate of drug-likeness (QED) is 0.662. The number of oxazole rings is 1.